The third-order valence-electron chi connectivity index (χ3n) is 4.82. The Morgan fingerprint density at radius 1 is 0.871 bits per heavy atom. The summed E-state index contributed by atoms with van der Waals surface area (Å²) in [5.74, 6) is 1.87. The Bertz CT molecular complexity index is 1420. The van der Waals surface area contributed by atoms with Gasteiger partial charge in [0.15, 0.2) is 5.58 Å². The maximum absolute atomic E-state index is 6.25. The highest BCUT2D eigenvalue weighted by atomic mass is 35.5. The molecule has 0 spiro atoms. The van der Waals surface area contributed by atoms with Crippen molar-refractivity contribution in [2.45, 2.75) is 6.92 Å². The van der Waals surface area contributed by atoms with Crippen molar-refractivity contribution in [3.05, 3.63) is 94.2 Å². The first-order valence-corrected chi connectivity index (χ1v) is 10.4. The number of benzene rings is 3. The van der Waals surface area contributed by atoms with Crippen molar-refractivity contribution in [2.75, 3.05) is 0 Å². The minimum atomic E-state index is 0.537. The van der Waals surface area contributed by atoms with E-state index in [1.165, 1.54) is 0 Å². The van der Waals surface area contributed by atoms with Crippen LogP contribution in [0.1, 0.15) is 11.3 Å². The predicted molar refractivity (Wildman–Crippen MR) is 126 cm³/mol. The summed E-state index contributed by atoms with van der Waals surface area (Å²) in [7, 11) is 0. The van der Waals surface area contributed by atoms with E-state index in [1.54, 1.807) is 18.3 Å². The molecule has 2 heterocycles. The Kier molecular flexibility index (Phi) is 5.10. The van der Waals surface area contributed by atoms with E-state index in [9.17, 15) is 0 Å². The lowest BCUT2D eigenvalue weighted by atomic mass is 10.2. The zero-order valence-electron chi connectivity index (χ0n) is 16.5. The fourth-order valence-corrected chi connectivity index (χ4v) is 3.75. The number of oxazole rings is 1. The van der Waals surface area contributed by atoms with Crippen molar-refractivity contribution in [3.63, 3.8) is 0 Å². The topological polar surface area (TPSA) is 51.5 Å². The molecule has 0 radical (unpaired) electrons. The molecule has 0 saturated heterocycles. The fourth-order valence-electron chi connectivity index (χ4n) is 3.25. The van der Waals surface area contributed by atoms with Crippen LogP contribution in [0.5, 0.6) is 0 Å². The van der Waals surface area contributed by atoms with E-state index in [2.05, 4.69) is 9.98 Å². The van der Waals surface area contributed by atoms with Gasteiger partial charge in [0.05, 0.1) is 16.9 Å². The second-order valence-corrected chi connectivity index (χ2v) is 7.97. The summed E-state index contributed by atoms with van der Waals surface area (Å²) in [6, 6.07) is 22.6. The third-order valence-corrected chi connectivity index (χ3v) is 5.37. The van der Waals surface area contributed by atoms with Gasteiger partial charge in [-0.3, -0.25) is 4.99 Å². The molecular weight excluding hydrogens is 431 g/mol. The quantitative estimate of drug-likeness (QED) is 0.262. The molecule has 4 nitrogen and oxygen atoms in total. The summed E-state index contributed by atoms with van der Waals surface area (Å²) in [4.78, 5) is 9.06. The summed E-state index contributed by atoms with van der Waals surface area (Å²) in [5, 5.41) is 1.12. The zero-order valence-corrected chi connectivity index (χ0v) is 18.0. The van der Waals surface area contributed by atoms with Crippen molar-refractivity contribution in [2.24, 2.45) is 4.99 Å². The number of halogens is 2. The van der Waals surface area contributed by atoms with Gasteiger partial charge in [-0.2, -0.15) is 0 Å². The molecule has 0 saturated carbocycles. The van der Waals surface area contributed by atoms with Crippen molar-refractivity contribution in [1.29, 1.82) is 0 Å². The molecule has 31 heavy (non-hydrogen) atoms. The predicted octanol–water partition coefficient (Wildman–Crippen LogP) is 8.12. The zero-order chi connectivity index (χ0) is 21.4. The summed E-state index contributed by atoms with van der Waals surface area (Å²) < 4.78 is 11.7. The van der Waals surface area contributed by atoms with Crippen LogP contribution in [0.15, 0.2) is 86.6 Å². The minimum absolute atomic E-state index is 0.537. The Morgan fingerprint density at radius 3 is 2.52 bits per heavy atom. The van der Waals surface area contributed by atoms with Crippen molar-refractivity contribution < 1.29 is 8.83 Å². The van der Waals surface area contributed by atoms with E-state index in [0.29, 0.717) is 27.5 Å². The molecule has 5 rings (SSSR count). The molecule has 0 aliphatic rings. The Hall–Kier alpha value is -3.34. The van der Waals surface area contributed by atoms with Gasteiger partial charge >= 0.3 is 0 Å². The number of aromatic nitrogens is 1. The van der Waals surface area contributed by atoms with E-state index >= 15 is 0 Å². The van der Waals surface area contributed by atoms with E-state index in [-0.39, 0.29) is 0 Å². The van der Waals surface area contributed by atoms with Gasteiger partial charge in [0.1, 0.15) is 17.0 Å². The first kappa shape index (κ1) is 19.6. The maximum atomic E-state index is 6.25. The normalized spacial score (nSPS) is 11.6. The van der Waals surface area contributed by atoms with Gasteiger partial charge in [-0.05, 0) is 79.2 Å². The molecule has 6 heteroatoms. The summed E-state index contributed by atoms with van der Waals surface area (Å²) in [6.45, 7) is 2.03. The first-order chi connectivity index (χ1) is 15.0. The largest absolute Gasteiger partial charge is 0.455 e. The molecule has 0 unspecified atom stereocenters. The number of fused-ring (bicyclic) bond motifs is 1. The molecule has 2 aromatic heterocycles. The average molecular weight is 447 g/mol. The van der Waals surface area contributed by atoms with E-state index in [4.69, 9.17) is 32.0 Å². The van der Waals surface area contributed by atoms with Crippen LogP contribution in [0.3, 0.4) is 0 Å². The highest BCUT2D eigenvalue weighted by Crippen LogP contribution is 2.31. The Labute approximate surface area is 188 Å². The fraction of sp³-hybridized carbons (Fsp3) is 0.0400. The molecule has 0 fully saturated rings. The molecule has 0 bridgehead atoms. The van der Waals surface area contributed by atoms with Gasteiger partial charge in [0.2, 0.25) is 5.89 Å². The second kappa shape index (κ2) is 8.06. The van der Waals surface area contributed by atoms with Gasteiger partial charge in [-0.15, -0.1) is 0 Å². The van der Waals surface area contributed by atoms with Crippen molar-refractivity contribution in [1.82, 2.24) is 4.98 Å². The molecule has 152 valence electrons. The number of hydrogen-bond acceptors (Lipinski definition) is 4. The minimum Gasteiger partial charge on any atom is -0.455 e. The Balaban J connectivity index is 1.34. The lowest BCUT2D eigenvalue weighted by molar-refractivity contribution is 0.575. The number of furan rings is 1. The van der Waals surface area contributed by atoms with Gasteiger partial charge in [0.25, 0.3) is 0 Å². The molecule has 0 atom stereocenters. The molecule has 0 aliphatic carbocycles. The molecule has 5 aromatic rings. The third kappa shape index (κ3) is 4.13. The van der Waals surface area contributed by atoms with Crippen LogP contribution in [0.25, 0.3) is 33.9 Å². The van der Waals surface area contributed by atoms with E-state index in [0.717, 1.165) is 33.5 Å². The smallest absolute Gasteiger partial charge is 0.227 e. The summed E-state index contributed by atoms with van der Waals surface area (Å²) in [5.41, 5.74) is 5.24. The van der Waals surface area contributed by atoms with Crippen molar-refractivity contribution >= 4 is 46.2 Å². The lowest BCUT2D eigenvalue weighted by Crippen LogP contribution is -1.78. The monoisotopic (exact) mass is 446 g/mol. The number of nitrogens with zero attached hydrogens (tertiary/aromatic N) is 2. The van der Waals surface area contributed by atoms with Crippen LogP contribution in [-0.2, 0) is 0 Å². The van der Waals surface area contributed by atoms with Gasteiger partial charge in [-0.1, -0.05) is 29.3 Å². The average Bonchev–Trinajstić information content (AvgIpc) is 3.39. The van der Waals surface area contributed by atoms with Crippen LogP contribution < -0.4 is 0 Å². The van der Waals surface area contributed by atoms with Crippen LogP contribution in [0, 0.1) is 6.92 Å². The molecule has 0 N–H and O–H groups in total. The molecule has 3 aromatic carbocycles. The van der Waals surface area contributed by atoms with Crippen LogP contribution in [0.4, 0.5) is 5.69 Å². The maximum Gasteiger partial charge on any atom is 0.227 e. The van der Waals surface area contributed by atoms with E-state index in [1.807, 2.05) is 67.6 Å². The highest BCUT2D eigenvalue weighted by molar-refractivity contribution is 6.36. The van der Waals surface area contributed by atoms with Crippen LogP contribution in [-0.4, -0.2) is 11.2 Å². The van der Waals surface area contributed by atoms with Gasteiger partial charge in [-0.25, -0.2) is 4.98 Å². The molecular formula is C25H16Cl2N2O2. The lowest BCUT2D eigenvalue weighted by Gasteiger charge is -2.00. The molecule has 0 amide bonds. The van der Waals surface area contributed by atoms with Crippen LogP contribution in [0.2, 0.25) is 10.0 Å². The number of rotatable bonds is 4. The second-order valence-electron chi connectivity index (χ2n) is 7.12. The molecule has 0 aliphatic heterocycles. The first-order valence-electron chi connectivity index (χ1n) is 9.62. The van der Waals surface area contributed by atoms with Crippen molar-refractivity contribution in [3.8, 4) is 22.8 Å². The van der Waals surface area contributed by atoms with Crippen LogP contribution >= 0.6 is 23.2 Å². The number of aliphatic imine (C=N–C) groups is 1. The summed E-state index contributed by atoms with van der Waals surface area (Å²) >= 11 is 12.2. The standard InChI is InChI=1S/C25H16Cl2N2O2/c1-15-2-10-24-22(12-15)29-25(31-24)16-3-6-18(7-4-16)28-14-19-8-11-23(30-19)20-9-5-17(26)13-21(20)27/h2-14H,1H3. The SMILES string of the molecule is Cc1ccc2oc(-c3ccc(N=Cc4ccc(-c5ccc(Cl)cc5Cl)o4)cc3)nc2c1. The number of aryl methyl sites for hydroxylation is 1. The highest BCUT2D eigenvalue weighted by Gasteiger charge is 2.10. The van der Waals surface area contributed by atoms with Gasteiger partial charge in [0, 0.05) is 16.1 Å². The number of hydrogen-bond donors (Lipinski definition) is 0. The van der Waals surface area contributed by atoms with E-state index < -0.39 is 0 Å². The van der Waals surface area contributed by atoms with Gasteiger partial charge < -0.3 is 8.83 Å². The Morgan fingerprint density at radius 2 is 1.71 bits per heavy atom. The summed E-state index contributed by atoms with van der Waals surface area (Å²) in [6.07, 6.45) is 1.67.